The first-order chi connectivity index (χ1) is 24.1. The van der Waals surface area contributed by atoms with Crippen molar-refractivity contribution in [2.24, 2.45) is 0 Å². The van der Waals surface area contributed by atoms with Crippen LogP contribution in [0.2, 0.25) is 0 Å². The van der Waals surface area contributed by atoms with Gasteiger partial charge in [-0.05, 0) is 83.2 Å². The van der Waals surface area contributed by atoms with Gasteiger partial charge in [-0.15, -0.1) is 48.1 Å². The molecule has 7 aromatic rings. The van der Waals surface area contributed by atoms with Gasteiger partial charge in [0.15, 0.2) is 0 Å². The molecule has 0 unspecified atom stereocenters. The van der Waals surface area contributed by atoms with Crippen molar-refractivity contribution < 1.29 is 25.8 Å². The van der Waals surface area contributed by atoms with Crippen molar-refractivity contribution in [2.75, 3.05) is 9.80 Å². The molecule has 0 atom stereocenters. The van der Waals surface area contributed by atoms with E-state index < -0.39 is 0 Å². The zero-order chi connectivity index (χ0) is 34.7. The topological polar surface area (TPSA) is 46.4 Å². The molecule has 51 heavy (non-hydrogen) atoms. The monoisotopic (exact) mass is 849 g/mol. The van der Waals surface area contributed by atoms with Gasteiger partial charge in [-0.3, -0.25) is 0 Å². The van der Waals surface area contributed by atoms with Crippen LogP contribution in [-0.2, 0) is 26.5 Å². The summed E-state index contributed by atoms with van der Waals surface area (Å²) in [5.41, 5.74) is 9.95. The van der Waals surface area contributed by atoms with E-state index in [-0.39, 0.29) is 26.5 Å². The third kappa shape index (κ3) is 6.21. The number of aryl methyl sites for hydroxylation is 2. The number of fused-ring (bicyclic) bond motifs is 4. The predicted octanol–water partition coefficient (Wildman–Crippen LogP) is 11.4. The maximum Gasteiger partial charge on any atom is 0.135 e. The number of hydrogen-bond donors (Lipinski definition) is 0. The van der Waals surface area contributed by atoms with Crippen LogP contribution in [0.3, 0.4) is 0 Å². The van der Waals surface area contributed by atoms with Crippen LogP contribution in [0.25, 0.3) is 27.6 Å². The number of anilines is 4. The molecule has 6 nitrogen and oxygen atoms in total. The predicted molar refractivity (Wildman–Crippen MR) is 204 cm³/mol. The van der Waals surface area contributed by atoms with Crippen LogP contribution >= 0.6 is 0 Å². The molecule has 0 N–H and O–H groups in total. The van der Waals surface area contributed by atoms with Gasteiger partial charge < -0.3 is 19.1 Å². The van der Waals surface area contributed by atoms with E-state index in [0.717, 1.165) is 50.5 Å². The molecule has 0 fully saturated rings. The molecular formula is C44H40N5OPt-3. The molecular weight excluding hydrogens is 810 g/mol. The maximum absolute atomic E-state index is 6.51. The summed E-state index contributed by atoms with van der Waals surface area (Å²) < 4.78 is 8.69. The molecule has 4 heterocycles. The van der Waals surface area contributed by atoms with E-state index in [1.54, 1.807) is 0 Å². The van der Waals surface area contributed by atoms with E-state index in [2.05, 4.69) is 142 Å². The molecule has 4 aromatic carbocycles. The molecule has 0 saturated carbocycles. The van der Waals surface area contributed by atoms with E-state index in [4.69, 9.17) is 14.7 Å². The second-order valence-electron chi connectivity index (χ2n) is 14.5. The van der Waals surface area contributed by atoms with Gasteiger partial charge in [0, 0.05) is 56.2 Å². The summed E-state index contributed by atoms with van der Waals surface area (Å²) in [6.07, 6.45) is 3.74. The van der Waals surface area contributed by atoms with Gasteiger partial charge in [0.1, 0.15) is 11.6 Å². The Bertz CT molecular complexity index is 2380. The SMILES string of the molecule is Cc1cc(C(C)C)cc(C)c1N1[CH-]N(c2[c-]c(Oc3[c-]c4c(cc3)c3ccccc3n4-c3cc(C(C)(C)C)ccn3)ccc2)c2cccnc21.[Pt]. The average molecular weight is 850 g/mol. The van der Waals surface area contributed by atoms with Crippen LogP contribution in [0.1, 0.15) is 62.8 Å². The maximum atomic E-state index is 6.51. The molecule has 1 aliphatic heterocycles. The number of rotatable bonds is 6. The Morgan fingerprint density at radius 3 is 2.27 bits per heavy atom. The molecule has 8 rings (SSSR count). The number of para-hydroxylation sites is 1. The molecule has 0 spiro atoms. The van der Waals surface area contributed by atoms with Crippen molar-refractivity contribution in [1.82, 2.24) is 14.5 Å². The Morgan fingerprint density at radius 2 is 1.51 bits per heavy atom. The summed E-state index contributed by atoms with van der Waals surface area (Å²) in [5.74, 6) is 3.40. The van der Waals surface area contributed by atoms with Crippen LogP contribution in [0.5, 0.6) is 11.5 Å². The molecule has 3 aromatic heterocycles. The molecule has 0 saturated heterocycles. The molecule has 7 heteroatoms. The van der Waals surface area contributed by atoms with E-state index in [1.807, 2.05) is 42.7 Å². The second-order valence-corrected chi connectivity index (χ2v) is 14.5. The fourth-order valence-electron chi connectivity index (χ4n) is 6.99. The van der Waals surface area contributed by atoms with Gasteiger partial charge in [0.25, 0.3) is 0 Å². The summed E-state index contributed by atoms with van der Waals surface area (Å²) in [5, 5.41) is 2.24. The fraction of sp³-hybridized carbons (Fsp3) is 0.205. The normalized spacial score (nSPS) is 12.9. The number of hydrogen-bond acceptors (Lipinski definition) is 5. The van der Waals surface area contributed by atoms with Gasteiger partial charge in [-0.1, -0.05) is 70.5 Å². The Labute approximate surface area is 315 Å². The Kier molecular flexibility index (Phi) is 9.01. The number of benzene rings is 4. The summed E-state index contributed by atoms with van der Waals surface area (Å²) in [6.45, 7) is 17.6. The Morgan fingerprint density at radius 1 is 0.745 bits per heavy atom. The van der Waals surface area contributed by atoms with Crippen LogP contribution < -0.4 is 14.5 Å². The van der Waals surface area contributed by atoms with E-state index in [9.17, 15) is 0 Å². The molecule has 0 amide bonds. The van der Waals surface area contributed by atoms with E-state index in [0.29, 0.717) is 17.4 Å². The third-order valence-electron chi connectivity index (χ3n) is 9.54. The van der Waals surface area contributed by atoms with Crippen LogP contribution in [0.15, 0.2) is 103 Å². The van der Waals surface area contributed by atoms with Crippen molar-refractivity contribution in [3.63, 3.8) is 0 Å². The van der Waals surface area contributed by atoms with Crippen LogP contribution in [0.4, 0.5) is 22.9 Å². The van der Waals surface area contributed by atoms with Crippen molar-refractivity contribution in [2.45, 2.75) is 59.8 Å². The number of aromatic nitrogens is 3. The molecule has 0 aliphatic carbocycles. The van der Waals surface area contributed by atoms with Crippen LogP contribution in [0, 0.1) is 32.6 Å². The minimum absolute atomic E-state index is 0. The summed E-state index contributed by atoms with van der Waals surface area (Å²) in [7, 11) is 0. The molecule has 0 bridgehead atoms. The number of nitrogens with zero attached hydrogens (tertiary/aromatic N) is 5. The molecule has 0 radical (unpaired) electrons. The Balaban J connectivity index is 0.00000406. The first-order valence-electron chi connectivity index (χ1n) is 17.2. The van der Waals surface area contributed by atoms with E-state index >= 15 is 0 Å². The largest absolute Gasteiger partial charge is 0.509 e. The summed E-state index contributed by atoms with van der Waals surface area (Å²) >= 11 is 0. The van der Waals surface area contributed by atoms with Crippen molar-refractivity contribution in [1.29, 1.82) is 0 Å². The van der Waals surface area contributed by atoms with Gasteiger partial charge in [0.2, 0.25) is 0 Å². The van der Waals surface area contributed by atoms with Gasteiger partial charge >= 0.3 is 0 Å². The zero-order valence-electron chi connectivity index (χ0n) is 29.9. The average Bonchev–Trinajstić information content (AvgIpc) is 3.64. The summed E-state index contributed by atoms with van der Waals surface area (Å²) in [4.78, 5) is 13.9. The third-order valence-corrected chi connectivity index (χ3v) is 9.54. The first kappa shape index (κ1) is 34.5. The minimum atomic E-state index is -0.00822. The van der Waals surface area contributed by atoms with Crippen molar-refractivity contribution in [3.05, 3.63) is 144 Å². The molecule has 260 valence electrons. The van der Waals surface area contributed by atoms with Crippen molar-refractivity contribution in [3.8, 4) is 17.3 Å². The quantitative estimate of drug-likeness (QED) is 0.156. The van der Waals surface area contributed by atoms with Crippen molar-refractivity contribution >= 4 is 44.7 Å². The molecule has 1 aliphatic rings. The van der Waals surface area contributed by atoms with Gasteiger partial charge in [-0.25, -0.2) is 9.97 Å². The standard InChI is InChI=1S/C44H40N5O.Pt/c1-28(2)31-22-29(3)42(30(4)23-31)48-27-47(39-16-11-20-46-43(39)48)33-12-10-13-34(25-33)50-35-17-18-37-36-14-8-9-15-38(36)49(40(37)26-35)41-24-32(19-21-45-41)44(5,6)7;/h8-24,27-28H,1-7H3;/q-3;. The van der Waals surface area contributed by atoms with Gasteiger partial charge in [0.05, 0.1) is 5.69 Å². The Hall–Kier alpha value is -4.93. The second kappa shape index (κ2) is 13.3. The first-order valence-corrected chi connectivity index (χ1v) is 17.2. The van der Waals surface area contributed by atoms with Gasteiger partial charge in [-0.2, -0.15) is 12.1 Å². The fourth-order valence-corrected chi connectivity index (χ4v) is 6.99. The van der Waals surface area contributed by atoms with Crippen LogP contribution in [-0.4, -0.2) is 14.5 Å². The number of pyridine rings is 2. The zero-order valence-corrected chi connectivity index (χ0v) is 32.2. The minimum Gasteiger partial charge on any atom is -0.509 e. The smallest absolute Gasteiger partial charge is 0.135 e. The summed E-state index contributed by atoms with van der Waals surface area (Å²) in [6, 6.07) is 38.5. The van der Waals surface area contributed by atoms with E-state index in [1.165, 1.54) is 22.3 Å². The number of ether oxygens (including phenoxy) is 1.